The van der Waals surface area contributed by atoms with Crippen molar-refractivity contribution >= 4 is 22.6 Å². The molecule has 2 unspecified atom stereocenters. The number of ether oxygens (including phenoxy) is 3. The SMILES string of the molecule is COCCOCCCOC1CCCC1I. The van der Waals surface area contributed by atoms with Gasteiger partial charge in [0.15, 0.2) is 0 Å². The molecule has 0 radical (unpaired) electrons. The molecule has 0 saturated heterocycles. The van der Waals surface area contributed by atoms with Gasteiger partial charge in [-0.3, -0.25) is 0 Å². The van der Waals surface area contributed by atoms with E-state index in [0.29, 0.717) is 19.3 Å². The van der Waals surface area contributed by atoms with E-state index in [9.17, 15) is 0 Å². The van der Waals surface area contributed by atoms with Gasteiger partial charge >= 0.3 is 0 Å². The van der Waals surface area contributed by atoms with E-state index in [4.69, 9.17) is 14.2 Å². The molecule has 15 heavy (non-hydrogen) atoms. The zero-order chi connectivity index (χ0) is 10.9. The van der Waals surface area contributed by atoms with Crippen molar-refractivity contribution in [2.24, 2.45) is 0 Å². The predicted octanol–water partition coefficient (Wildman–Crippen LogP) is 2.41. The van der Waals surface area contributed by atoms with Gasteiger partial charge in [-0.15, -0.1) is 0 Å². The van der Waals surface area contributed by atoms with Gasteiger partial charge in [-0.05, 0) is 25.7 Å². The Morgan fingerprint density at radius 1 is 1.13 bits per heavy atom. The van der Waals surface area contributed by atoms with E-state index in [2.05, 4.69) is 22.6 Å². The maximum atomic E-state index is 5.80. The van der Waals surface area contributed by atoms with Crippen LogP contribution in [0.25, 0.3) is 0 Å². The van der Waals surface area contributed by atoms with Crippen LogP contribution in [0.2, 0.25) is 0 Å². The lowest BCUT2D eigenvalue weighted by Crippen LogP contribution is -2.19. The fourth-order valence-electron chi connectivity index (χ4n) is 1.71. The minimum absolute atomic E-state index is 0.490. The summed E-state index contributed by atoms with van der Waals surface area (Å²) in [5.74, 6) is 0. The number of hydrogen-bond acceptors (Lipinski definition) is 3. The highest BCUT2D eigenvalue weighted by Crippen LogP contribution is 2.28. The molecule has 1 aliphatic rings. The maximum Gasteiger partial charge on any atom is 0.0700 e. The van der Waals surface area contributed by atoms with Gasteiger partial charge < -0.3 is 14.2 Å². The maximum absolute atomic E-state index is 5.80. The molecule has 1 aliphatic carbocycles. The Morgan fingerprint density at radius 3 is 2.67 bits per heavy atom. The van der Waals surface area contributed by atoms with E-state index in [1.165, 1.54) is 19.3 Å². The second-order valence-electron chi connectivity index (χ2n) is 3.81. The molecule has 0 amide bonds. The molecule has 4 heteroatoms. The zero-order valence-electron chi connectivity index (χ0n) is 9.41. The van der Waals surface area contributed by atoms with Gasteiger partial charge in [-0.2, -0.15) is 0 Å². The lowest BCUT2D eigenvalue weighted by atomic mass is 10.3. The highest BCUT2D eigenvalue weighted by atomic mass is 127. The summed E-state index contributed by atoms with van der Waals surface area (Å²) in [7, 11) is 1.69. The molecule has 0 aromatic carbocycles. The van der Waals surface area contributed by atoms with Crippen LogP contribution in [-0.4, -0.2) is 43.6 Å². The second-order valence-corrected chi connectivity index (χ2v) is 5.41. The Labute approximate surface area is 106 Å². The van der Waals surface area contributed by atoms with Gasteiger partial charge in [0.1, 0.15) is 0 Å². The molecule has 0 aromatic heterocycles. The zero-order valence-corrected chi connectivity index (χ0v) is 11.6. The first-order chi connectivity index (χ1) is 7.34. The molecule has 90 valence electrons. The van der Waals surface area contributed by atoms with Crippen LogP contribution in [0.5, 0.6) is 0 Å². The summed E-state index contributed by atoms with van der Waals surface area (Å²) in [6.45, 7) is 2.98. The van der Waals surface area contributed by atoms with Crippen LogP contribution in [0.3, 0.4) is 0 Å². The first-order valence-electron chi connectivity index (χ1n) is 5.67. The normalized spacial score (nSPS) is 26.0. The van der Waals surface area contributed by atoms with E-state index in [-0.39, 0.29) is 0 Å². The summed E-state index contributed by atoms with van der Waals surface area (Å²) in [4.78, 5) is 0. The molecule has 0 aromatic rings. The van der Waals surface area contributed by atoms with Gasteiger partial charge in [-0.1, -0.05) is 22.6 Å². The van der Waals surface area contributed by atoms with Gasteiger partial charge in [0.2, 0.25) is 0 Å². The summed E-state index contributed by atoms with van der Waals surface area (Å²) < 4.78 is 16.8. The van der Waals surface area contributed by atoms with Crippen molar-refractivity contribution in [2.45, 2.75) is 35.7 Å². The van der Waals surface area contributed by atoms with Crippen LogP contribution in [-0.2, 0) is 14.2 Å². The fraction of sp³-hybridized carbons (Fsp3) is 1.00. The molecule has 0 bridgehead atoms. The molecule has 3 nitrogen and oxygen atoms in total. The lowest BCUT2D eigenvalue weighted by molar-refractivity contribution is 0.0293. The largest absolute Gasteiger partial charge is 0.382 e. The van der Waals surface area contributed by atoms with Crippen molar-refractivity contribution in [3.63, 3.8) is 0 Å². The molecule has 0 N–H and O–H groups in total. The third-order valence-corrected chi connectivity index (χ3v) is 3.99. The predicted molar refractivity (Wildman–Crippen MR) is 68.7 cm³/mol. The molecule has 0 spiro atoms. The topological polar surface area (TPSA) is 27.7 Å². The summed E-state index contributed by atoms with van der Waals surface area (Å²) in [5.41, 5.74) is 0. The Morgan fingerprint density at radius 2 is 2.00 bits per heavy atom. The van der Waals surface area contributed by atoms with Gasteiger partial charge in [-0.25, -0.2) is 0 Å². The summed E-state index contributed by atoms with van der Waals surface area (Å²) in [5, 5.41) is 0. The third-order valence-electron chi connectivity index (χ3n) is 2.57. The van der Waals surface area contributed by atoms with Crippen molar-refractivity contribution in [3.05, 3.63) is 0 Å². The van der Waals surface area contributed by atoms with Gasteiger partial charge in [0, 0.05) is 24.2 Å². The lowest BCUT2D eigenvalue weighted by Gasteiger charge is -2.15. The summed E-state index contributed by atoms with van der Waals surface area (Å²) in [6.07, 6.45) is 5.35. The highest BCUT2D eigenvalue weighted by Gasteiger charge is 2.24. The standard InChI is InChI=1S/C11H21IO3/c1-13-8-9-14-6-3-7-15-11-5-2-4-10(11)12/h10-11H,2-9H2,1H3. The number of rotatable bonds is 8. The van der Waals surface area contributed by atoms with Crippen molar-refractivity contribution in [2.75, 3.05) is 33.5 Å². The summed E-state index contributed by atoms with van der Waals surface area (Å²) in [6, 6.07) is 0. The van der Waals surface area contributed by atoms with Crippen molar-refractivity contribution in [1.29, 1.82) is 0 Å². The molecular formula is C11H21IO3. The summed E-state index contributed by atoms with van der Waals surface area (Å²) >= 11 is 2.50. The number of halogens is 1. The van der Waals surface area contributed by atoms with Crippen LogP contribution in [0.4, 0.5) is 0 Å². The van der Waals surface area contributed by atoms with E-state index in [1.807, 2.05) is 0 Å². The van der Waals surface area contributed by atoms with E-state index in [0.717, 1.165) is 23.6 Å². The minimum Gasteiger partial charge on any atom is -0.382 e. The van der Waals surface area contributed by atoms with Gasteiger partial charge in [0.25, 0.3) is 0 Å². The Bertz CT molecular complexity index is 155. The molecule has 0 aliphatic heterocycles. The Hall–Kier alpha value is 0.610. The number of methoxy groups -OCH3 is 1. The van der Waals surface area contributed by atoms with Gasteiger partial charge in [0.05, 0.1) is 19.3 Å². The Balaban J connectivity index is 1.84. The minimum atomic E-state index is 0.490. The van der Waals surface area contributed by atoms with Crippen LogP contribution in [0.15, 0.2) is 0 Å². The van der Waals surface area contributed by atoms with Crippen molar-refractivity contribution < 1.29 is 14.2 Å². The number of alkyl halides is 1. The van der Waals surface area contributed by atoms with E-state index >= 15 is 0 Å². The first kappa shape index (κ1) is 13.7. The third kappa shape index (κ3) is 6.04. The van der Waals surface area contributed by atoms with Crippen molar-refractivity contribution in [1.82, 2.24) is 0 Å². The Kier molecular flexibility index (Phi) is 7.96. The fourth-order valence-corrected chi connectivity index (χ4v) is 2.72. The molecule has 1 saturated carbocycles. The molecule has 2 atom stereocenters. The smallest absolute Gasteiger partial charge is 0.0700 e. The van der Waals surface area contributed by atoms with E-state index in [1.54, 1.807) is 7.11 Å². The van der Waals surface area contributed by atoms with Crippen LogP contribution >= 0.6 is 22.6 Å². The first-order valence-corrected chi connectivity index (χ1v) is 6.91. The van der Waals surface area contributed by atoms with Crippen LogP contribution in [0.1, 0.15) is 25.7 Å². The molecule has 1 rings (SSSR count). The average Bonchev–Trinajstić information content (AvgIpc) is 2.63. The van der Waals surface area contributed by atoms with E-state index < -0.39 is 0 Å². The molecule has 0 heterocycles. The van der Waals surface area contributed by atoms with Crippen LogP contribution in [0, 0.1) is 0 Å². The quantitative estimate of drug-likeness (QED) is 0.389. The number of hydrogen-bond donors (Lipinski definition) is 0. The average molecular weight is 328 g/mol. The molecular weight excluding hydrogens is 307 g/mol. The monoisotopic (exact) mass is 328 g/mol. The molecule has 1 fully saturated rings. The van der Waals surface area contributed by atoms with Crippen LogP contribution < -0.4 is 0 Å². The second kappa shape index (κ2) is 8.73. The highest BCUT2D eigenvalue weighted by molar-refractivity contribution is 14.1. The van der Waals surface area contributed by atoms with Crippen molar-refractivity contribution in [3.8, 4) is 0 Å².